The Balaban J connectivity index is 1.96. The number of rotatable bonds is 2. The highest BCUT2D eigenvalue weighted by Crippen LogP contribution is 2.28. The van der Waals surface area contributed by atoms with Gasteiger partial charge in [-0.2, -0.15) is 0 Å². The lowest BCUT2D eigenvalue weighted by Gasteiger charge is -2.27. The molecule has 0 saturated carbocycles. The molecule has 2 aromatic rings. The maximum atomic E-state index is 11.7. The van der Waals surface area contributed by atoms with E-state index in [2.05, 4.69) is 6.08 Å². The average Bonchev–Trinajstić information content (AvgIpc) is 2.94. The number of benzene rings is 1. The number of hydrogen-bond donors (Lipinski definition) is 0. The van der Waals surface area contributed by atoms with Gasteiger partial charge in [-0.05, 0) is 18.1 Å². The molecule has 2 heterocycles. The highest BCUT2D eigenvalue weighted by atomic mass is 35.5. The fourth-order valence-electron chi connectivity index (χ4n) is 2.48. The Morgan fingerprint density at radius 3 is 3.11 bits per heavy atom. The molecule has 0 spiro atoms. The van der Waals surface area contributed by atoms with Crippen LogP contribution in [-0.4, -0.2) is 29.8 Å². The Morgan fingerprint density at radius 1 is 1.37 bits per heavy atom. The van der Waals surface area contributed by atoms with Crippen LogP contribution in [0.3, 0.4) is 0 Å². The molecule has 0 bridgehead atoms. The number of carbonyl (C=O) groups excluding carboxylic acids is 1. The quantitative estimate of drug-likeness (QED) is 0.788. The molecule has 19 heavy (non-hydrogen) atoms. The standard InChI is InChI=1S/C15H14ClNO2/c16-9-14(18)17-7-2-4-12(10-17)13-5-1-3-11-6-8-19-15(11)13/h1,3-6,8H,2,7,9-10H2. The van der Waals surface area contributed by atoms with E-state index < -0.39 is 0 Å². The van der Waals surface area contributed by atoms with Crippen molar-refractivity contribution in [1.29, 1.82) is 0 Å². The molecule has 98 valence electrons. The molecule has 0 radical (unpaired) electrons. The van der Waals surface area contributed by atoms with Crippen molar-refractivity contribution in [2.24, 2.45) is 0 Å². The molecule has 3 nitrogen and oxygen atoms in total. The molecule has 0 aliphatic carbocycles. The number of carbonyl (C=O) groups is 1. The van der Waals surface area contributed by atoms with Gasteiger partial charge in [0.05, 0.1) is 6.26 Å². The van der Waals surface area contributed by atoms with Crippen molar-refractivity contribution in [2.75, 3.05) is 19.0 Å². The van der Waals surface area contributed by atoms with Crippen LogP contribution < -0.4 is 0 Å². The molecule has 1 aliphatic heterocycles. The number of nitrogens with zero attached hydrogens (tertiary/aromatic N) is 1. The zero-order valence-corrected chi connectivity index (χ0v) is 11.2. The zero-order chi connectivity index (χ0) is 13.2. The van der Waals surface area contributed by atoms with Crippen LogP contribution in [0.5, 0.6) is 0 Å². The Kier molecular flexibility index (Phi) is 3.30. The Morgan fingerprint density at radius 2 is 2.26 bits per heavy atom. The Hall–Kier alpha value is -1.74. The minimum absolute atomic E-state index is 0.0149. The summed E-state index contributed by atoms with van der Waals surface area (Å²) >= 11 is 5.63. The summed E-state index contributed by atoms with van der Waals surface area (Å²) in [6.07, 6.45) is 4.73. The van der Waals surface area contributed by atoms with E-state index in [1.54, 1.807) is 11.2 Å². The second kappa shape index (κ2) is 5.10. The summed E-state index contributed by atoms with van der Waals surface area (Å²) in [5.74, 6) is 0.0250. The molecule has 1 aromatic carbocycles. The first-order valence-electron chi connectivity index (χ1n) is 6.29. The second-order valence-corrected chi connectivity index (χ2v) is 4.88. The van der Waals surface area contributed by atoms with Crippen LogP contribution in [0.2, 0.25) is 0 Å². The fourth-order valence-corrected chi connectivity index (χ4v) is 2.65. The fraction of sp³-hybridized carbons (Fsp3) is 0.267. The molecular weight excluding hydrogens is 262 g/mol. The second-order valence-electron chi connectivity index (χ2n) is 4.61. The monoisotopic (exact) mass is 275 g/mol. The Labute approximate surface area is 116 Å². The molecule has 4 heteroatoms. The van der Waals surface area contributed by atoms with Gasteiger partial charge in [0, 0.05) is 24.0 Å². The SMILES string of the molecule is O=C(CCl)N1CCC=C(c2cccc3ccoc23)C1. The number of alkyl halides is 1. The van der Waals surface area contributed by atoms with Crippen molar-refractivity contribution >= 4 is 34.1 Å². The summed E-state index contributed by atoms with van der Waals surface area (Å²) in [7, 11) is 0. The van der Waals surface area contributed by atoms with Crippen molar-refractivity contribution in [2.45, 2.75) is 6.42 Å². The minimum atomic E-state index is -0.0149. The van der Waals surface area contributed by atoms with Crippen LogP contribution in [0.1, 0.15) is 12.0 Å². The molecule has 0 N–H and O–H groups in total. The van der Waals surface area contributed by atoms with Crippen LogP contribution in [0.15, 0.2) is 41.0 Å². The number of para-hydroxylation sites is 1. The normalized spacial score (nSPS) is 15.6. The predicted octanol–water partition coefficient (Wildman–Crippen LogP) is 3.29. The van der Waals surface area contributed by atoms with Crippen molar-refractivity contribution in [3.05, 3.63) is 42.2 Å². The summed E-state index contributed by atoms with van der Waals surface area (Å²) in [4.78, 5) is 13.5. The van der Waals surface area contributed by atoms with Gasteiger partial charge in [0.2, 0.25) is 5.91 Å². The van der Waals surface area contributed by atoms with E-state index in [9.17, 15) is 4.79 Å². The largest absolute Gasteiger partial charge is 0.464 e. The summed E-state index contributed by atoms with van der Waals surface area (Å²) in [6, 6.07) is 8.01. The van der Waals surface area contributed by atoms with E-state index in [1.807, 2.05) is 24.3 Å². The van der Waals surface area contributed by atoms with Gasteiger partial charge < -0.3 is 9.32 Å². The van der Waals surface area contributed by atoms with Crippen LogP contribution in [0.25, 0.3) is 16.5 Å². The number of fused-ring (bicyclic) bond motifs is 1. The van der Waals surface area contributed by atoms with Gasteiger partial charge in [0.1, 0.15) is 11.5 Å². The molecule has 0 fully saturated rings. The van der Waals surface area contributed by atoms with Crippen molar-refractivity contribution < 1.29 is 9.21 Å². The van der Waals surface area contributed by atoms with Gasteiger partial charge in [-0.3, -0.25) is 4.79 Å². The lowest BCUT2D eigenvalue weighted by Crippen LogP contribution is -2.36. The maximum Gasteiger partial charge on any atom is 0.237 e. The van der Waals surface area contributed by atoms with Gasteiger partial charge in [-0.25, -0.2) is 0 Å². The minimum Gasteiger partial charge on any atom is -0.464 e. The van der Waals surface area contributed by atoms with E-state index in [0.717, 1.165) is 35.1 Å². The first-order chi connectivity index (χ1) is 9.29. The molecule has 1 amide bonds. The average molecular weight is 276 g/mol. The van der Waals surface area contributed by atoms with Crippen LogP contribution in [0.4, 0.5) is 0 Å². The molecular formula is C15H14ClNO2. The lowest BCUT2D eigenvalue weighted by molar-refractivity contribution is -0.127. The van der Waals surface area contributed by atoms with E-state index in [0.29, 0.717) is 6.54 Å². The summed E-state index contributed by atoms with van der Waals surface area (Å²) in [5, 5.41) is 1.08. The highest BCUT2D eigenvalue weighted by molar-refractivity contribution is 6.27. The van der Waals surface area contributed by atoms with Crippen LogP contribution in [0, 0.1) is 0 Å². The van der Waals surface area contributed by atoms with E-state index in [1.165, 1.54) is 0 Å². The van der Waals surface area contributed by atoms with Gasteiger partial charge in [0.15, 0.2) is 0 Å². The number of furan rings is 1. The first kappa shape index (κ1) is 12.3. The number of amides is 1. The van der Waals surface area contributed by atoms with Crippen molar-refractivity contribution in [1.82, 2.24) is 4.90 Å². The molecule has 1 aromatic heterocycles. The first-order valence-corrected chi connectivity index (χ1v) is 6.82. The summed E-state index contributed by atoms with van der Waals surface area (Å²) in [6.45, 7) is 1.34. The third kappa shape index (κ3) is 2.26. The third-order valence-corrected chi connectivity index (χ3v) is 3.67. The van der Waals surface area contributed by atoms with Gasteiger partial charge >= 0.3 is 0 Å². The molecule has 0 saturated heterocycles. The van der Waals surface area contributed by atoms with Crippen molar-refractivity contribution in [3.8, 4) is 0 Å². The van der Waals surface area contributed by atoms with Gasteiger partial charge in [-0.15, -0.1) is 11.6 Å². The van der Waals surface area contributed by atoms with Gasteiger partial charge in [-0.1, -0.05) is 24.3 Å². The summed E-state index contributed by atoms with van der Waals surface area (Å²) in [5.41, 5.74) is 3.08. The lowest BCUT2D eigenvalue weighted by atomic mass is 9.99. The van der Waals surface area contributed by atoms with Gasteiger partial charge in [0.25, 0.3) is 0 Å². The molecule has 3 rings (SSSR count). The molecule has 1 aliphatic rings. The topological polar surface area (TPSA) is 33.5 Å². The smallest absolute Gasteiger partial charge is 0.237 e. The van der Waals surface area contributed by atoms with E-state index >= 15 is 0 Å². The Bertz CT molecular complexity index is 644. The number of halogens is 1. The zero-order valence-electron chi connectivity index (χ0n) is 10.4. The number of hydrogen-bond acceptors (Lipinski definition) is 2. The highest BCUT2D eigenvalue weighted by Gasteiger charge is 2.19. The summed E-state index contributed by atoms with van der Waals surface area (Å²) < 4.78 is 5.55. The predicted molar refractivity (Wildman–Crippen MR) is 76.1 cm³/mol. The molecule has 0 atom stereocenters. The van der Waals surface area contributed by atoms with E-state index in [4.69, 9.17) is 16.0 Å². The maximum absolute atomic E-state index is 11.7. The van der Waals surface area contributed by atoms with Crippen molar-refractivity contribution in [3.63, 3.8) is 0 Å². The van der Waals surface area contributed by atoms with Crippen LogP contribution in [-0.2, 0) is 4.79 Å². The third-order valence-electron chi connectivity index (χ3n) is 3.44. The van der Waals surface area contributed by atoms with E-state index in [-0.39, 0.29) is 11.8 Å². The van der Waals surface area contributed by atoms with Crippen LogP contribution >= 0.6 is 11.6 Å². The molecule has 0 unspecified atom stereocenters.